The zero-order valence-corrected chi connectivity index (χ0v) is 12.0. The van der Waals surface area contributed by atoms with Crippen molar-refractivity contribution in [2.24, 2.45) is 5.73 Å². The quantitative estimate of drug-likeness (QED) is 0.757. The van der Waals surface area contributed by atoms with Crippen LogP contribution >= 0.6 is 0 Å². The van der Waals surface area contributed by atoms with E-state index in [4.69, 9.17) is 10.5 Å². The van der Waals surface area contributed by atoms with Crippen molar-refractivity contribution in [3.63, 3.8) is 0 Å². The van der Waals surface area contributed by atoms with Crippen LogP contribution in [0.25, 0.3) is 0 Å². The van der Waals surface area contributed by atoms with Crippen molar-refractivity contribution in [2.45, 2.75) is 32.9 Å². The van der Waals surface area contributed by atoms with E-state index in [0.29, 0.717) is 12.3 Å². The average molecular weight is 279 g/mol. The largest absolute Gasteiger partial charge is 0.481 e. The highest BCUT2D eigenvalue weighted by Gasteiger charge is 2.17. The van der Waals surface area contributed by atoms with E-state index in [0.717, 1.165) is 5.56 Å². The van der Waals surface area contributed by atoms with Crippen molar-refractivity contribution >= 4 is 11.9 Å². The van der Waals surface area contributed by atoms with Crippen LogP contribution in [0.5, 0.6) is 5.75 Å². The number of benzene rings is 1. The fourth-order valence-corrected chi connectivity index (χ4v) is 1.55. The second kappa shape index (κ2) is 7.49. The van der Waals surface area contributed by atoms with Crippen molar-refractivity contribution < 1.29 is 14.3 Å². The Morgan fingerprint density at radius 3 is 2.65 bits per heavy atom. The van der Waals surface area contributed by atoms with E-state index in [1.165, 1.54) is 0 Å². The number of urea groups is 1. The summed E-state index contributed by atoms with van der Waals surface area (Å²) in [7, 11) is 0. The fourth-order valence-electron chi connectivity index (χ4n) is 1.55. The van der Waals surface area contributed by atoms with Crippen molar-refractivity contribution in [2.75, 3.05) is 6.54 Å². The third-order valence-corrected chi connectivity index (χ3v) is 2.64. The molecule has 110 valence electrons. The Morgan fingerprint density at radius 2 is 2.05 bits per heavy atom. The molecule has 0 aliphatic heterocycles. The molecule has 4 N–H and O–H groups in total. The smallest absolute Gasteiger partial charge is 0.321 e. The molecule has 1 rings (SSSR count). The van der Waals surface area contributed by atoms with Crippen LogP contribution in [-0.4, -0.2) is 24.6 Å². The molecule has 0 aromatic heterocycles. The summed E-state index contributed by atoms with van der Waals surface area (Å²) < 4.78 is 5.50. The third kappa shape index (κ3) is 4.89. The number of hydrogen-bond donors (Lipinski definition) is 3. The Labute approximate surface area is 118 Å². The van der Waals surface area contributed by atoms with Gasteiger partial charge in [-0.05, 0) is 38.5 Å². The summed E-state index contributed by atoms with van der Waals surface area (Å²) in [4.78, 5) is 23.0. The monoisotopic (exact) mass is 279 g/mol. The van der Waals surface area contributed by atoms with E-state index in [9.17, 15) is 9.59 Å². The topological polar surface area (TPSA) is 93.5 Å². The van der Waals surface area contributed by atoms with Crippen molar-refractivity contribution in [3.8, 4) is 5.75 Å². The lowest BCUT2D eigenvalue weighted by molar-refractivity contribution is -0.126. The molecule has 1 aromatic rings. The van der Waals surface area contributed by atoms with Gasteiger partial charge in [-0.3, -0.25) is 10.1 Å². The summed E-state index contributed by atoms with van der Waals surface area (Å²) in [5, 5.41) is 4.68. The molecule has 0 fully saturated rings. The van der Waals surface area contributed by atoms with Crippen LogP contribution in [0.15, 0.2) is 24.3 Å². The van der Waals surface area contributed by atoms with Crippen LogP contribution in [-0.2, 0) is 4.79 Å². The highest BCUT2D eigenvalue weighted by Crippen LogP contribution is 2.18. The van der Waals surface area contributed by atoms with Gasteiger partial charge in [0.05, 0.1) is 0 Å². The van der Waals surface area contributed by atoms with Gasteiger partial charge in [0.25, 0.3) is 5.91 Å². The first kappa shape index (κ1) is 16.0. The van der Waals surface area contributed by atoms with Gasteiger partial charge < -0.3 is 15.8 Å². The molecule has 0 aliphatic carbocycles. The Balaban J connectivity index is 2.61. The van der Waals surface area contributed by atoms with Gasteiger partial charge in [-0.15, -0.1) is 0 Å². The summed E-state index contributed by atoms with van der Waals surface area (Å²) in [6, 6.07) is 6.57. The Morgan fingerprint density at radius 1 is 1.35 bits per heavy atom. The van der Waals surface area contributed by atoms with Crippen LogP contribution < -0.4 is 21.1 Å². The standard InChI is InChI=1S/C14H21N3O3/c1-4-16-14(19)17-13(18)10(3)20-12-7-5-6-11(8-12)9(2)15/h5-10H,4,15H2,1-3H3,(H2,16,17,18,19)/t9-,10?/m0/s1. The fraction of sp³-hybridized carbons (Fsp3) is 0.429. The van der Waals surface area contributed by atoms with E-state index in [1.54, 1.807) is 26.0 Å². The minimum atomic E-state index is -0.777. The van der Waals surface area contributed by atoms with Crippen LogP contribution in [0.4, 0.5) is 4.79 Å². The SMILES string of the molecule is CCNC(=O)NC(=O)C(C)Oc1cccc([C@H](C)N)c1. The van der Waals surface area contributed by atoms with Gasteiger partial charge in [-0.25, -0.2) is 4.79 Å². The molecule has 2 atom stereocenters. The van der Waals surface area contributed by atoms with Crippen LogP contribution in [0.2, 0.25) is 0 Å². The molecule has 20 heavy (non-hydrogen) atoms. The highest BCUT2D eigenvalue weighted by atomic mass is 16.5. The number of nitrogens with two attached hydrogens (primary N) is 1. The number of carbonyl (C=O) groups is 2. The molecule has 0 aliphatic rings. The molecule has 1 unspecified atom stereocenters. The molecule has 1 aromatic carbocycles. The number of ether oxygens (including phenoxy) is 1. The molecule has 0 saturated heterocycles. The maximum Gasteiger partial charge on any atom is 0.321 e. The van der Waals surface area contributed by atoms with Crippen LogP contribution in [0.3, 0.4) is 0 Å². The number of hydrogen-bond acceptors (Lipinski definition) is 4. The third-order valence-electron chi connectivity index (χ3n) is 2.64. The first-order valence-electron chi connectivity index (χ1n) is 6.55. The first-order chi connectivity index (χ1) is 9.43. The maximum absolute atomic E-state index is 11.7. The minimum Gasteiger partial charge on any atom is -0.481 e. The summed E-state index contributed by atoms with van der Waals surface area (Å²) in [5.41, 5.74) is 6.70. The Bertz CT molecular complexity index is 474. The lowest BCUT2D eigenvalue weighted by atomic mass is 10.1. The lowest BCUT2D eigenvalue weighted by Gasteiger charge is -2.15. The predicted octanol–water partition coefficient (Wildman–Crippen LogP) is 1.32. The van der Waals surface area contributed by atoms with Crippen LogP contribution in [0.1, 0.15) is 32.4 Å². The van der Waals surface area contributed by atoms with Gasteiger partial charge in [0.2, 0.25) is 0 Å². The van der Waals surface area contributed by atoms with Crippen molar-refractivity contribution in [1.82, 2.24) is 10.6 Å². The molecule has 0 saturated carbocycles. The molecule has 0 radical (unpaired) electrons. The second-order valence-corrected chi connectivity index (χ2v) is 4.47. The number of nitrogens with one attached hydrogen (secondary N) is 2. The lowest BCUT2D eigenvalue weighted by Crippen LogP contribution is -2.45. The number of amides is 3. The van der Waals surface area contributed by atoms with E-state index in [-0.39, 0.29) is 6.04 Å². The van der Waals surface area contributed by atoms with Gasteiger partial charge in [-0.2, -0.15) is 0 Å². The normalized spacial score (nSPS) is 13.2. The van der Waals surface area contributed by atoms with Gasteiger partial charge in [0.15, 0.2) is 6.10 Å². The zero-order valence-electron chi connectivity index (χ0n) is 12.0. The van der Waals surface area contributed by atoms with E-state index in [2.05, 4.69) is 10.6 Å². The van der Waals surface area contributed by atoms with Gasteiger partial charge in [0, 0.05) is 12.6 Å². The van der Waals surface area contributed by atoms with E-state index >= 15 is 0 Å². The summed E-state index contributed by atoms with van der Waals surface area (Å²) in [6.07, 6.45) is -0.777. The van der Waals surface area contributed by atoms with Gasteiger partial charge in [-0.1, -0.05) is 12.1 Å². The number of carbonyl (C=O) groups excluding carboxylic acids is 2. The molecule has 0 bridgehead atoms. The van der Waals surface area contributed by atoms with Crippen molar-refractivity contribution in [3.05, 3.63) is 29.8 Å². The molecule has 0 spiro atoms. The van der Waals surface area contributed by atoms with Crippen LogP contribution in [0, 0.1) is 0 Å². The average Bonchev–Trinajstić information content (AvgIpc) is 2.39. The minimum absolute atomic E-state index is 0.113. The summed E-state index contributed by atoms with van der Waals surface area (Å²) in [6.45, 7) is 5.66. The van der Waals surface area contributed by atoms with E-state index < -0.39 is 18.0 Å². The maximum atomic E-state index is 11.7. The number of rotatable bonds is 5. The Kier molecular flexibility index (Phi) is 5.99. The van der Waals surface area contributed by atoms with E-state index in [1.807, 2.05) is 19.1 Å². The van der Waals surface area contributed by atoms with Crippen molar-refractivity contribution in [1.29, 1.82) is 0 Å². The zero-order chi connectivity index (χ0) is 15.1. The number of imide groups is 1. The molecule has 3 amide bonds. The second-order valence-electron chi connectivity index (χ2n) is 4.47. The molecule has 6 heteroatoms. The Hall–Kier alpha value is -2.08. The first-order valence-corrected chi connectivity index (χ1v) is 6.55. The highest BCUT2D eigenvalue weighted by molar-refractivity contribution is 5.96. The molecular formula is C14H21N3O3. The summed E-state index contributed by atoms with van der Waals surface area (Å²) >= 11 is 0. The summed E-state index contributed by atoms with van der Waals surface area (Å²) in [5.74, 6) is 0.0421. The predicted molar refractivity (Wildman–Crippen MR) is 76.3 cm³/mol. The van der Waals surface area contributed by atoms with Gasteiger partial charge in [0.1, 0.15) is 5.75 Å². The van der Waals surface area contributed by atoms with Gasteiger partial charge >= 0.3 is 6.03 Å². The molecular weight excluding hydrogens is 258 g/mol. The molecule has 6 nitrogen and oxygen atoms in total. The molecule has 0 heterocycles.